The van der Waals surface area contributed by atoms with E-state index in [1.54, 1.807) is 19.2 Å². The number of non-ortho nitro benzene ring substituents is 1. The molecular formula is C14H10N4O4. The van der Waals surface area contributed by atoms with Crippen LogP contribution < -0.4 is 11.2 Å². The summed E-state index contributed by atoms with van der Waals surface area (Å²) >= 11 is 0. The molecule has 2 N–H and O–H groups in total. The van der Waals surface area contributed by atoms with Gasteiger partial charge >= 0.3 is 0 Å². The summed E-state index contributed by atoms with van der Waals surface area (Å²) in [6.45, 7) is 0. The van der Waals surface area contributed by atoms with Crippen molar-refractivity contribution in [2.45, 2.75) is 0 Å². The summed E-state index contributed by atoms with van der Waals surface area (Å²) in [5.74, 6) is -0.883. The van der Waals surface area contributed by atoms with Crippen molar-refractivity contribution in [2.24, 2.45) is 12.8 Å². The van der Waals surface area contributed by atoms with Gasteiger partial charge in [-0.2, -0.15) is 0 Å². The topological polar surface area (TPSA) is 121 Å². The van der Waals surface area contributed by atoms with E-state index in [-0.39, 0.29) is 16.6 Å². The first-order chi connectivity index (χ1) is 10.4. The van der Waals surface area contributed by atoms with Gasteiger partial charge in [0.05, 0.1) is 21.2 Å². The Morgan fingerprint density at radius 3 is 2.77 bits per heavy atom. The predicted octanol–water partition coefficient (Wildman–Crippen LogP) is 1.09. The Morgan fingerprint density at radius 2 is 2.14 bits per heavy atom. The first-order valence-corrected chi connectivity index (χ1v) is 6.27. The number of aryl methyl sites for hydroxylation is 1. The molecular weight excluding hydrogens is 288 g/mol. The van der Waals surface area contributed by atoms with Crippen LogP contribution in [0.15, 0.2) is 35.4 Å². The molecule has 22 heavy (non-hydrogen) atoms. The Balaban J connectivity index is 2.66. The van der Waals surface area contributed by atoms with Gasteiger partial charge in [-0.1, -0.05) is 0 Å². The second-order valence-electron chi connectivity index (χ2n) is 4.80. The molecule has 0 aliphatic rings. The monoisotopic (exact) mass is 298 g/mol. The van der Waals surface area contributed by atoms with Crippen molar-refractivity contribution in [3.05, 3.63) is 56.5 Å². The summed E-state index contributed by atoms with van der Waals surface area (Å²) in [7, 11) is 1.62. The van der Waals surface area contributed by atoms with Crippen LogP contribution in [-0.2, 0) is 7.05 Å². The highest BCUT2D eigenvalue weighted by molar-refractivity contribution is 6.09. The highest BCUT2D eigenvalue weighted by Crippen LogP contribution is 2.30. The summed E-state index contributed by atoms with van der Waals surface area (Å²) in [5.41, 5.74) is 4.81. The number of nitro benzene ring substituents is 1. The summed E-state index contributed by atoms with van der Waals surface area (Å²) in [4.78, 5) is 38.6. The largest absolute Gasteiger partial charge is 0.365 e. The van der Waals surface area contributed by atoms with Crippen LogP contribution in [0, 0.1) is 10.1 Å². The number of fused-ring (bicyclic) bond motifs is 3. The average Bonchev–Trinajstić information content (AvgIpc) is 2.48. The number of carbonyl (C=O) groups is 1. The number of hydrogen-bond donors (Lipinski definition) is 1. The van der Waals surface area contributed by atoms with Crippen LogP contribution in [0.3, 0.4) is 0 Å². The normalized spacial score (nSPS) is 11.0. The minimum absolute atomic E-state index is 0.0386. The Morgan fingerprint density at radius 1 is 1.41 bits per heavy atom. The van der Waals surface area contributed by atoms with E-state index in [1.807, 2.05) is 0 Å². The van der Waals surface area contributed by atoms with Crippen molar-refractivity contribution in [1.82, 2.24) is 9.55 Å². The molecule has 1 aromatic carbocycles. The number of hydrogen-bond acceptors (Lipinski definition) is 5. The average molecular weight is 298 g/mol. The van der Waals surface area contributed by atoms with Gasteiger partial charge in [-0.05, 0) is 12.1 Å². The van der Waals surface area contributed by atoms with Gasteiger partial charge in [-0.15, -0.1) is 0 Å². The fourth-order valence-electron chi connectivity index (χ4n) is 2.53. The van der Waals surface area contributed by atoms with Crippen molar-refractivity contribution < 1.29 is 9.72 Å². The zero-order chi connectivity index (χ0) is 16.0. The summed E-state index contributed by atoms with van der Waals surface area (Å²) in [6, 6.07) is 4.30. The van der Waals surface area contributed by atoms with E-state index >= 15 is 0 Å². The van der Waals surface area contributed by atoms with E-state index in [9.17, 15) is 19.7 Å². The lowest BCUT2D eigenvalue weighted by Gasteiger charge is -2.10. The summed E-state index contributed by atoms with van der Waals surface area (Å²) in [6.07, 6.45) is 2.80. The molecule has 0 saturated heterocycles. The van der Waals surface area contributed by atoms with Crippen LogP contribution >= 0.6 is 0 Å². The molecule has 0 unspecified atom stereocenters. The Bertz CT molecular complexity index is 1020. The zero-order valence-corrected chi connectivity index (χ0v) is 11.4. The van der Waals surface area contributed by atoms with Gasteiger partial charge < -0.3 is 10.3 Å². The van der Waals surface area contributed by atoms with E-state index < -0.39 is 16.3 Å². The molecule has 8 nitrogen and oxygen atoms in total. The fourth-order valence-corrected chi connectivity index (χ4v) is 2.53. The van der Waals surface area contributed by atoms with Crippen molar-refractivity contribution in [3.63, 3.8) is 0 Å². The van der Waals surface area contributed by atoms with Crippen molar-refractivity contribution in [1.29, 1.82) is 0 Å². The quantitative estimate of drug-likeness (QED) is 0.431. The molecule has 0 radical (unpaired) electrons. The van der Waals surface area contributed by atoms with Crippen LogP contribution in [0.1, 0.15) is 10.4 Å². The number of primary amides is 1. The lowest BCUT2D eigenvalue weighted by atomic mass is 10.1. The third-order valence-corrected chi connectivity index (χ3v) is 3.47. The maximum atomic E-state index is 12.4. The summed E-state index contributed by atoms with van der Waals surface area (Å²) < 4.78 is 1.52. The molecule has 2 heterocycles. The second kappa shape index (κ2) is 4.62. The number of rotatable bonds is 2. The molecule has 0 saturated carbocycles. The van der Waals surface area contributed by atoms with Crippen LogP contribution in [0.2, 0.25) is 0 Å². The predicted molar refractivity (Wildman–Crippen MR) is 79.7 cm³/mol. The molecule has 0 bridgehead atoms. The molecule has 1 amide bonds. The number of nitrogens with two attached hydrogens (primary N) is 1. The van der Waals surface area contributed by atoms with E-state index in [2.05, 4.69) is 4.98 Å². The van der Waals surface area contributed by atoms with Crippen LogP contribution in [0.4, 0.5) is 5.69 Å². The highest BCUT2D eigenvalue weighted by atomic mass is 16.6. The molecule has 3 rings (SSSR count). The smallest absolute Gasteiger partial charge is 0.279 e. The SMILES string of the molecule is Cn1cc(C(N)=O)c(=O)c2cc([N+](=O)[O-])c3cccnc3c21. The van der Waals surface area contributed by atoms with Gasteiger partial charge in [-0.25, -0.2) is 0 Å². The van der Waals surface area contributed by atoms with Crippen molar-refractivity contribution >= 4 is 33.4 Å². The van der Waals surface area contributed by atoms with Gasteiger partial charge in [0.25, 0.3) is 11.6 Å². The molecule has 0 fully saturated rings. The lowest BCUT2D eigenvalue weighted by molar-refractivity contribution is -0.382. The fraction of sp³-hybridized carbons (Fsp3) is 0.0714. The standard InChI is InChI=1S/C14H10N4O4/c1-17-6-9(14(15)20)13(19)8-5-10(18(21)22)7-3-2-4-16-11(7)12(8)17/h2-6H,1H3,(H2,15,20). The zero-order valence-electron chi connectivity index (χ0n) is 11.4. The Kier molecular flexibility index (Phi) is 2.87. The van der Waals surface area contributed by atoms with Crippen molar-refractivity contribution in [3.8, 4) is 0 Å². The van der Waals surface area contributed by atoms with Gasteiger partial charge in [0.1, 0.15) is 11.1 Å². The molecule has 0 aliphatic heterocycles. The third kappa shape index (κ3) is 1.81. The highest BCUT2D eigenvalue weighted by Gasteiger charge is 2.21. The van der Waals surface area contributed by atoms with E-state index in [0.29, 0.717) is 16.4 Å². The van der Waals surface area contributed by atoms with E-state index in [4.69, 9.17) is 5.73 Å². The minimum atomic E-state index is -0.883. The van der Waals surface area contributed by atoms with Gasteiger partial charge in [-0.3, -0.25) is 24.7 Å². The number of amides is 1. The number of aromatic nitrogens is 2. The van der Waals surface area contributed by atoms with Crippen LogP contribution in [-0.4, -0.2) is 20.4 Å². The number of carbonyl (C=O) groups excluding carboxylic acids is 1. The number of nitrogens with zero attached hydrogens (tertiary/aromatic N) is 3. The molecule has 0 spiro atoms. The first-order valence-electron chi connectivity index (χ1n) is 6.27. The maximum absolute atomic E-state index is 12.4. The van der Waals surface area contributed by atoms with E-state index in [1.165, 1.54) is 17.0 Å². The van der Waals surface area contributed by atoms with Crippen molar-refractivity contribution in [2.75, 3.05) is 0 Å². The molecule has 0 aliphatic carbocycles. The number of pyridine rings is 2. The third-order valence-electron chi connectivity index (χ3n) is 3.47. The van der Waals surface area contributed by atoms with Gasteiger partial charge in [0.15, 0.2) is 0 Å². The Hall–Kier alpha value is -3.29. The first kappa shape index (κ1) is 13.7. The van der Waals surface area contributed by atoms with Gasteiger partial charge in [0, 0.05) is 25.5 Å². The van der Waals surface area contributed by atoms with Gasteiger partial charge in [0.2, 0.25) is 5.43 Å². The molecule has 110 valence electrons. The number of nitro groups is 1. The molecule has 0 atom stereocenters. The minimum Gasteiger partial charge on any atom is -0.365 e. The van der Waals surface area contributed by atoms with Crippen LogP contribution in [0.5, 0.6) is 0 Å². The van der Waals surface area contributed by atoms with E-state index in [0.717, 1.165) is 6.07 Å². The molecule has 3 aromatic rings. The summed E-state index contributed by atoms with van der Waals surface area (Å²) in [5, 5.41) is 11.6. The Labute approximate surface area is 122 Å². The number of benzene rings is 1. The molecule has 8 heteroatoms. The lowest BCUT2D eigenvalue weighted by Crippen LogP contribution is -2.23. The van der Waals surface area contributed by atoms with Crippen LogP contribution in [0.25, 0.3) is 21.8 Å². The molecule has 2 aromatic heterocycles. The second-order valence-corrected chi connectivity index (χ2v) is 4.80. The maximum Gasteiger partial charge on any atom is 0.279 e.